The fraction of sp³-hybridized carbons (Fsp3) is 0.765. The molecule has 2 aliphatic carbocycles. The Morgan fingerprint density at radius 2 is 1.65 bits per heavy atom. The minimum Gasteiger partial charge on any atom is -0.370 e. The van der Waals surface area contributed by atoms with Crippen molar-refractivity contribution in [3.8, 4) is 0 Å². The minimum atomic E-state index is 0.589. The molecule has 0 amide bonds. The fourth-order valence-electron chi connectivity index (χ4n) is 3.24. The molecule has 1 N–H and O–H groups in total. The van der Waals surface area contributed by atoms with Gasteiger partial charge in [-0.2, -0.15) is 0 Å². The molecular formula is C17H27N3. The minimum absolute atomic E-state index is 0.589. The summed E-state index contributed by atoms with van der Waals surface area (Å²) in [6, 6.07) is 2.17. The van der Waals surface area contributed by atoms with Crippen LogP contribution in [0.4, 0.5) is 5.82 Å². The van der Waals surface area contributed by atoms with Crippen molar-refractivity contribution < 1.29 is 0 Å². The molecule has 3 nitrogen and oxygen atoms in total. The number of anilines is 1. The summed E-state index contributed by atoms with van der Waals surface area (Å²) < 4.78 is 0. The largest absolute Gasteiger partial charge is 0.370 e. The molecule has 0 aromatic carbocycles. The van der Waals surface area contributed by atoms with Gasteiger partial charge >= 0.3 is 0 Å². The van der Waals surface area contributed by atoms with Gasteiger partial charge < -0.3 is 5.32 Å². The van der Waals surface area contributed by atoms with Crippen molar-refractivity contribution in [2.24, 2.45) is 0 Å². The Morgan fingerprint density at radius 3 is 2.30 bits per heavy atom. The molecule has 0 spiro atoms. The summed E-state index contributed by atoms with van der Waals surface area (Å²) in [4.78, 5) is 9.73. The molecule has 20 heavy (non-hydrogen) atoms. The van der Waals surface area contributed by atoms with E-state index in [0.29, 0.717) is 11.8 Å². The molecule has 0 saturated heterocycles. The van der Waals surface area contributed by atoms with Crippen LogP contribution in [0.2, 0.25) is 0 Å². The van der Waals surface area contributed by atoms with Crippen LogP contribution in [0.15, 0.2) is 6.07 Å². The third-order valence-electron chi connectivity index (χ3n) is 4.59. The summed E-state index contributed by atoms with van der Waals surface area (Å²) >= 11 is 0. The monoisotopic (exact) mass is 273 g/mol. The van der Waals surface area contributed by atoms with Gasteiger partial charge in [-0.15, -0.1) is 0 Å². The molecule has 3 heteroatoms. The number of nitrogens with zero attached hydrogens (tertiary/aromatic N) is 2. The average Bonchev–Trinajstić information content (AvgIpc) is 3.22. The van der Waals surface area contributed by atoms with Gasteiger partial charge in [0, 0.05) is 30.1 Å². The highest BCUT2D eigenvalue weighted by Gasteiger charge is 2.27. The third-order valence-corrected chi connectivity index (χ3v) is 4.59. The van der Waals surface area contributed by atoms with Gasteiger partial charge in [-0.05, 0) is 32.6 Å². The van der Waals surface area contributed by atoms with Crippen molar-refractivity contribution >= 4 is 5.82 Å². The summed E-state index contributed by atoms with van der Waals surface area (Å²) in [6.45, 7) is 3.07. The lowest BCUT2D eigenvalue weighted by Crippen LogP contribution is -2.11. The van der Waals surface area contributed by atoms with Gasteiger partial charge in [0.25, 0.3) is 0 Å². The van der Waals surface area contributed by atoms with Crippen molar-refractivity contribution in [3.63, 3.8) is 0 Å². The van der Waals surface area contributed by atoms with E-state index in [1.807, 2.05) is 0 Å². The summed E-state index contributed by atoms with van der Waals surface area (Å²) in [5.41, 5.74) is 1.29. The molecule has 3 rings (SSSR count). The van der Waals surface area contributed by atoms with Crippen molar-refractivity contribution in [2.45, 2.75) is 76.5 Å². The lowest BCUT2D eigenvalue weighted by molar-refractivity contribution is 0.441. The maximum atomic E-state index is 4.92. The van der Waals surface area contributed by atoms with E-state index < -0.39 is 0 Å². The standard InChI is InChI=1S/C17H27N3/c1-2-18-16-12-15(13-10-11-13)19-17(20-16)14-8-6-4-3-5-7-9-14/h12-14H,2-11H2,1H3,(H,18,19,20). The van der Waals surface area contributed by atoms with E-state index in [0.717, 1.165) is 18.2 Å². The van der Waals surface area contributed by atoms with Crippen LogP contribution in [0.3, 0.4) is 0 Å². The molecule has 2 aliphatic rings. The first-order valence-corrected chi connectivity index (χ1v) is 8.49. The Balaban J connectivity index is 1.81. The summed E-state index contributed by atoms with van der Waals surface area (Å²) in [7, 11) is 0. The second-order valence-corrected chi connectivity index (χ2v) is 6.38. The molecule has 110 valence electrons. The maximum Gasteiger partial charge on any atom is 0.134 e. The molecule has 2 saturated carbocycles. The molecular weight excluding hydrogens is 246 g/mol. The van der Waals surface area contributed by atoms with E-state index in [1.54, 1.807) is 0 Å². The van der Waals surface area contributed by atoms with Crippen molar-refractivity contribution in [3.05, 3.63) is 17.6 Å². The van der Waals surface area contributed by atoms with Gasteiger partial charge in [0.2, 0.25) is 0 Å². The van der Waals surface area contributed by atoms with Gasteiger partial charge in [0.1, 0.15) is 11.6 Å². The Morgan fingerprint density at radius 1 is 0.950 bits per heavy atom. The molecule has 1 aromatic rings. The molecule has 0 radical (unpaired) electrons. The van der Waals surface area contributed by atoms with Gasteiger partial charge in [-0.25, -0.2) is 9.97 Å². The second-order valence-electron chi connectivity index (χ2n) is 6.38. The van der Waals surface area contributed by atoms with Gasteiger partial charge in [0.05, 0.1) is 0 Å². The van der Waals surface area contributed by atoms with E-state index in [-0.39, 0.29) is 0 Å². The lowest BCUT2D eigenvalue weighted by Gasteiger charge is -2.19. The van der Waals surface area contributed by atoms with Crippen LogP contribution >= 0.6 is 0 Å². The van der Waals surface area contributed by atoms with Gasteiger partial charge in [-0.3, -0.25) is 0 Å². The Hall–Kier alpha value is -1.12. The second kappa shape index (κ2) is 6.55. The van der Waals surface area contributed by atoms with E-state index in [9.17, 15) is 0 Å². The summed E-state index contributed by atoms with van der Waals surface area (Å²) in [6.07, 6.45) is 12.1. The van der Waals surface area contributed by atoms with Crippen LogP contribution in [0.1, 0.15) is 88.1 Å². The Kier molecular flexibility index (Phi) is 4.54. The maximum absolute atomic E-state index is 4.92. The van der Waals surface area contributed by atoms with Crippen LogP contribution in [0.25, 0.3) is 0 Å². The smallest absolute Gasteiger partial charge is 0.134 e. The zero-order chi connectivity index (χ0) is 13.8. The number of hydrogen-bond acceptors (Lipinski definition) is 3. The lowest BCUT2D eigenvalue weighted by atomic mass is 9.90. The first kappa shape index (κ1) is 13.8. The number of hydrogen-bond donors (Lipinski definition) is 1. The summed E-state index contributed by atoms with van der Waals surface area (Å²) in [5.74, 6) is 3.46. The van der Waals surface area contributed by atoms with E-state index >= 15 is 0 Å². The van der Waals surface area contributed by atoms with Crippen LogP contribution in [-0.2, 0) is 0 Å². The Bertz CT molecular complexity index is 432. The van der Waals surface area contributed by atoms with Crippen LogP contribution < -0.4 is 5.32 Å². The van der Waals surface area contributed by atoms with Crippen LogP contribution in [0, 0.1) is 0 Å². The highest BCUT2D eigenvalue weighted by molar-refractivity contribution is 5.38. The SMILES string of the molecule is CCNc1cc(C2CC2)nc(C2CCCCCCC2)n1. The highest BCUT2D eigenvalue weighted by atomic mass is 15.0. The topological polar surface area (TPSA) is 37.8 Å². The highest BCUT2D eigenvalue weighted by Crippen LogP contribution is 2.40. The number of nitrogens with one attached hydrogen (secondary N) is 1. The predicted molar refractivity (Wildman–Crippen MR) is 83.2 cm³/mol. The third kappa shape index (κ3) is 3.50. The molecule has 0 unspecified atom stereocenters. The zero-order valence-corrected chi connectivity index (χ0v) is 12.7. The van der Waals surface area contributed by atoms with Crippen molar-refractivity contribution in [1.82, 2.24) is 9.97 Å². The van der Waals surface area contributed by atoms with Gasteiger partial charge in [0.15, 0.2) is 0 Å². The molecule has 1 aromatic heterocycles. The van der Waals surface area contributed by atoms with E-state index in [2.05, 4.69) is 18.3 Å². The molecule has 0 atom stereocenters. The quantitative estimate of drug-likeness (QED) is 0.870. The molecule has 1 heterocycles. The molecule has 0 bridgehead atoms. The van der Waals surface area contributed by atoms with Gasteiger partial charge in [-0.1, -0.05) is 32.1 Å². The van der Waals surface area contributed by atoms with Crippen LogP contribution in [0.5, 0.6) is 0 Å². The Labute approximate surface area is 122 Å². The van der Waals surface area contributed by atoms with Crippen molar-refractivity contribution in [2.75, 3.05) is 11.9 Å². The predicted octanol–water partition coefficient (Wildman–Crippen LogP) is 4.61. The average molecular weight is 273 g/mol. The molecule has 0 aliphatic heterocycles. The van der Waals surface area contributed by atoms with E-state index in [1.165, 1.54) is 63.5 Å². The number of aromatic nitrogens is 2. The zero-order valence-electron chi connectivity index (χ0n) is 12.7. The first-order chi connectivity index (χ1) is 9.86. The molecule has 2 fully saturated rings. The number of rotatable bonds is 4. The normalized spacial score (nSPS) is 21.2. The van der Waals surface area contributed by atoms with Crippen molar-refractivity contribution in [1.29, 1.82) is 0 Å². The fourth-order valence-corrected chi connectivity index (χ4v) is 3.24. The van der Waals surface area contributed by atoms with E-state index in [4.69, 9.17) is 9.97 Å². The van der Waals surface area contributed by atoms with Crippen LogP contribution in [-0.4, -0.2) is 16.5 Å². The first-order valence-electron chi connectivity index (χ1n) is 8.49. The summed E-state index contributed by atoms with van der Waals surface area (Å²) in [5, 5.41) is 3.39.